The molecule has 2 saturated heterocycles. The van der Waals surface area contributed by atoms with Gasteiger partial charge in [-0.15, -0.1) is 0 Å². The van der Waals surface area contributed by atoms with E-state index in [1.165, 1.54) is 0 Å². The molecule has 2 fully saturated rings. The van der Waals surface area contributed by atoms with E-state index in [1.807, 2.05) is 11.8 Å². The van der Waals surface area contributed by atoms with Crippen LogP contribution >= 0.6 is 11.8 Å². The van der Waals surface area contributed by atoms with Crippen LogP contribution in [0.15, 0.2) is 0 Å². The fourth-order valence-electron chi connectivity index (χ4n) is 1.88. The van der Waals surface area contributed by atoms with Gasteiger partial charge in [-0.3, -0.25) is 4.79 Å². The van der Waals surface area contributed by atoms with E-state index in [1.54, 1.807) is 0 Å². The summed E-state index contributed by atoms with van der Waals surface area (Å²) < 4.78 is 5.26. The summed E-state index contributed by atoms with van der Waals surface area (Å²) in [6.45, 7) is 2.49. The lowest BCUT2D eigenvalue weighted by molar-refractivity contribution is -0.123. The minimum Gasteiger partial charge on any atom is -0.381 e. The van der Waals surface area contributed by atoms with Gasteiger partial charge >= 0.3 is 0 Å². The van der Waals surface area contributed by atoms with Gasteiger partial charge in [-0.25, -0.2) is 0 Å². The molecular weight excluding hydrogens is 212 g/mol. The number of thioether (sulfide) groups is 1. The molecule has 2 N–H and O–H groups in total. The maximum Gasteiger partial charge on any atom is 0.238 e. The first-order valence-corrected chi connectivity index (χ1v) is 6.71. The highest BCUT2D eigenvalue weighted by Crippen LogP contribution is 2.10. The molecular formula is C10H18N2O2S. The third-order valence-electron chi connectivity index (χ3n) is 2.81. The zero-order valence-corrected chi connectivity index (χ0v) is 9.65. The van der Waals surface area contributed by atoms with Crippen molar-refractivity contribution in [3.8, 4) is 0 Å². The van der Waals surface area contributed by atoms with E-state index in [9.17, 15) is 4.79 Å². The fourth-order valence-corrected chi connectivity index (χ4v) is 2.81. The SMILES string of the molecule is O=C(NC1CCOCC1)C1CSCCN1. The number of amides is 1. The molecule has 0 spiro atoms. The standard InChI is InChI=1S/C10H18N2O2S/c13-10(9-7-15-6-3-11-9)12-8-1-4-14-5-2-8/h8-9,11H,1-7H2,(H,12,13). The third-order valence-corrected chi connectivity index (χ3v) is 3.87. The van der Waals surface area contributed by atoms with Gasteiger partial charge in [-0.2, -0.15) is 11.8 Å². The van der Waals surface area contributed by atoms with Crippen LogP contribution in [0.3, 0.4) is 0 Å². The first-order valence-electron chi connectivity index (χ1n) is 5.55. The van der Waals surface area contributed by atoms with Crippen molar-refractivity contribution >= 4 is 17.7 Å². The Balaban J connectivity index is 1.74. The summed E-state index contributed by atoms with van der Waals surface area (Å²) >= 11 is 1.85. The van der Waals surface area contributed by atoms with Crippen molar-refractivity contribution in [1.82, 2.24) is 10.6 Å². The van der Waals surface area contributed by atoms with Gasteiger partial charge in [-0.05, 0) is 12.8 Å². The molecule has 1 amide bonds. The van der Waals surface area contributed by atoms with Crippen molar-refractivity contribution in [1.29, 1.82) is 0 Å². The highest BCUT2D eigenvalue weighted by molar-refractivity contribution is 7.99. The molecule has 2 aliphatic rings. The summed E-state index contributed by atoms with van der Waals surface area (Å²) in [6, 6.07) is 0.326. The van der Waals surface area contributed by atoms with Crippen molar-refractivity contribution in [3.63, 3.8) is 0 Å². The van der Waals surface area contributed by atoms with Crippen molar-refractivity contribution in [2.75, 3.05) is 31.3 Å². The molecule has 2 heterocycles. The summed E-state index contributed by atoms with van der Waals surface area (Å²) in [5.74, 6) is 2.17. The van der Waals surface area contributed by atoms with E-state index in [0.29, 0.717) is 6.04 Å². The number of ether oxygens (including phenoxy) is 1. The van der Waals surface area contributed by atoms with Crippen LogP contribution in [0.4, 0.5) is 0 Å². The molecule has 2 aliphatic heterocycles. The van der Waals surface area contributed by atoms with Gasteiger partial charge in [0.2, 0.25) is 5.91 Å². The first-order chi connectivity index (χ1) is 7.36. The molecule has 1 unspecified atom stereocenters. The molecule has 4 nitrogen and oxygen atoms in total. The van der Waals surface area contributed by atoms with Gasteiger partial charge in [0.05, 0.1) is 6.04 Å². The Morgan fingerprint density at radius 3 is 2.87 bits per heavy atom. The van der Waals surface area contributed by atoms with Crippen LogP contribution in [-0.4, -0.2) is 49.3 Å². The third kappa shape index (κ3) is 3.36. The topological polar surface area (TPSA) is 50.4 Å². The van der Waals surface area contributed by atoms with E-state index < -0.39 is 0 Å². The van der Waals surface area contributed by atoms with Crippen LogP contribution in [0.2, 0.25) is 0 Å². The lowest BCUT2D eigenvalue weighted by Gasteiger charge is -2.27. The smallest absolute Gasteiger partial charge is 0.238 e. The van der Waals surface area contributed by atoms with Crippen LogP contribution in [0.5, 0.6) is 0 Å². The van der Waals surface area contributed by atoms with Gasteiger partial charge in [0.25, 0.3) is 0 Å². The molecule has 1 atom stereocenters. The van der Waals surface area contributed by atoms with Gasteiger partial charge < -0.3 is 15.4 Å². The fraction of sp³-hybridized carbons (Fsp3) is 0.900. The van der Waals surface area contributed by atoms with Gasteiger partial charge in [0.1, 0.15) is 0 Å². The van der Waals surface area contributed by atoms with Crippen LogP contribution in [-0.2, 0) is 9.53 Å². The lowest BCUT2D eigenvalue weighted by atomic mass is 10.1. The van der Waals surface area contributed by atoms with E-state index in [-0.39, 0.29) is 11.9 Å². The summed E-state index contributed by atoms with van der Waals surface area (Å²) in [4.78, 5) is 11.8. The first kappa shape index (κ1) is 11.2. The number of carbonyl (C=O) groups excluding carboxylic acids is 1. The minimum atomic E-state index is 0.00611. The van der Waals surface area contributed by atoms with E-state index in [0.717, 1.165) is 44.1 Å². The van der Waals surface area contributed by atoms with Crippen molar-refractivity contribution in [2.24, 2.45) is 0 Å². The maximum absolute atomic E-state index is 11.8. The number of carbonyl (C=O) groups is 1. The largest absolute Gasteiger partial charge is 0.381 e. The molecule has 0 aliphatic carbocycles. The Kier molecular flexibility index (Phi) is 4.29. The van der Waals surface area contributed by atoms with Crippen LogP contribution in [0.25, 0.3) is 0 Å². The quantitative estimate of drug-likeness (QED) is 0.700. The normalized spacial score (nSPS) is 28.7. The number of nitrogens with one attached hydrogen (secondary N) is 2. The molecule has 0 radical (unpaired) electrons. The van der Waals surface area contributed by atoms with E-state index in [4.69, 9.17) is 4.74 Å². The second-order valence-corrected chi connectivity index (χ2v) is 5.13. The second-order valence-electron chi connectivity index (χ2n) is 3.98. The molecule has 86 valence electrons. The second kappa shape index (κ2) is 5.72. The lowest BCUT2D eigenvalue weighted by Crippen LogP contribution is -2.52. The highest BCUT2D eigenvalue weighted by atomic mass is 32.2. The Hall–Kier alpha value is -0.260. The van der Waals surface area contributed by atoms with Gasteiger partial charge in [-0.1, -0.05) is 0 Å². The molecule has 5 heteroatoms. The molecule has 0 aromatic carbocycles. The summed E-state index contributed by atoms with van der Waals surface area (Å²) in [5, 5.41) is 6.34. The average molecular weight is 230 g/mol. The van der Waals surface area contributed by atoms with Gasteiger partial charge in [0, 0.05) is 37.3 Å². The maximum atomic E-state index is 11.8. The van der Waals surface area contributed by atoms with E-state index >= 15 is 0 Å². The molecule has 15 heavy (non-hydrogen) atoms. The number of hydrogen-bond acceptors (Lipinski definition) is 4. The molecule has 0 aromatic heterocycles. The average Bonchev–Trinajstić information content (AvgIpc) is 2.31. The molecule has 0 bridgehead atoms. The van der Waals surface area contributed by atoms with Crippen LogP contribution in [0, 0.1) is 0 Å². The summed E-state index contributed by atoms with van der Waals surface area (Å²) in [6.07, 6.45) is 1.90. The Morgan fingerprint density at radius 2 is 2.20 bits per heavy atom. The number of hydrogen-bond donors (Lipinski definition) is 2. The molecule has 0 aromatic rings. The van der Waals surface area contributed by atoms with Crippen molar-refractivity contribution in [3.05, 3.63) is 0 Å². The van der Waals surface area contributed by atoms with Crippen molar-refractivity contribution in [2.45, 2.75) is 24.9 Å². The predicted octanol–water partition coefficient (Wildman–Crippen LogP) is -0.0134. The monoisotopic (exact) mass is 230 g/mol. The van der Waals surface area contributed by atoms with Gasteiger partial charge in [0.15, 0.2) is 0 Å². The van der Waals surface area contributed by atoms with Crippen LogP contribution in [0.1, 0.15) is 12.8 Å². The Morgan fingerprint density at radius 1 is 1.40 bits per heavy atom. The Bertz CT molecular complexity index is 213. The Labute approximate surface area is 94.5 Å². The highest BCUT2D eigenvalue weighted by Gasteiger charge is 2.24. The molecule has 2 rings (SSSR count). The minimum absolute atomic E-state index is 0.00611. The summed E-state index contributed by atoms with van der Waals surface area (Å²) in [7, 11) is 0. The zero-order chi connectivity index (χ0) is 10.5. The van der Waals surface area contributed by atoms with Crippen molar-refractivity contribution < 1.29 is 9.53 Å². The predicted molar refractivity (Wildman–Crippen MR) is 61.1 cm³/mol. The number of rotatable bonds is 2. The van der Waals surface area contributed by atoms with Crippen LogP contribution < -0.4 is 10.6 Å². The van der Waals surface area contributed by atoms with E-state index in [2.05, 4.69) is 10.6 Å². The zero-order valence-electron chi connectivity index (χ0n) is 8.83. The summed E-state index contributed by atoms with van der Waals surface area (Å²) in [5.41, 5.74) is 0. The molecule has 0 saturated carbocycles.